The van der Waals surface area contributed by atoms with Gasteiger partial charge in [-0.25, -0.2) is 9.97 Å². The van der Waals surface area contributed by atoms with Gasteiger partial charge in [-0.1, -0.05) is 13.8 Å². The molecule has 0 aliphatic heterocycles. The molecule has 2 heterocycles. The zero-order chi connectivity index (χ0) is 17.8. The fourth-order valence-corrected chi connectivity index (χ4v) is 3.31. The second-order valence-corrected chi connectivity index (χ2v) is 6.39. The molecule has 3 rings (SSSR count). The van der Waals surface area contributed by atoms with Gasteiger partial charge in [-0.2, -0.15) is 11.3 Å². The number of rotatable bonds is 6. The van der Waals surface area contributed by atoms with E-state index < -0.39 is 5.91 Å². The van der Waals surface area contributed by atoms with Gasteiger partial charge in [-0.05, 0) is 48.6 Å². The summed E-state index contributed by atoms with van der Waals surface area (Å²) in [6, 6.07) is 9.10. The number of hydrogen-bond donors (Lipinski definition) is 2. The molecule has 0 saturated heterocycles. The SMILES string of the molecule is CCc1nc(-c2ccsc2)nc(Nc2ccc(C(N)=O)cc2)c1CC. The van der Waals surface area contributed by atoms with Crippen LogP contribution in [0.5, 0.6) is 0 Å². The van der Waals surface area contributed by atoms with Gasteiger partial charge >= 0.3 is 0 Å². The summed E-state index contributed by atoms with van der Waals surface area (Å²) < 4.78 is 0. The second-order valence-electron chi connectivity index (χ2n) is 5.61. The van der Waals surface area contributed by atoms with E-state index in [1.54, 1.807) is 23.5 Å². The number of carbonyl (C=O) groups excluding carboxylic acids is 1. The number of benzene rings is 1. The molecule has 5 nitrogen and oxygen atoms in total. The molecule has 1 aromatic carbocycles. The molecule has 3 aromatic rings. The monoisotopic (exact) mass is 352 g/mol. The lowest BCUT2D eigenvalue weighted by molar-refractivity contribution is 0.100. The number of anilines is 2. The Balaban J connectivity index is 2.01. The summed E-state index contributed by atoms with van der Waals surface area (Å²) in [6.45, 7) is 4.20. The lowest BCUT2D eigenvalue weighted by Gasteiger charge is -2.15. The first-order valence-corrected chi connectivity index (χ1v) is 9.15. The fraction of sp³-hybridized carbons (Fsp3) is 0.211. The smallest absolute Gasteiger partial charge is 0.248 e. The van der Waals surface area contributed by atoms with Crippen molar-refractivity contribution in [2.45, 2.75) is 26.7 Å². The zero-order valence-corrected chi connectivity index (χ0v) is 15.1. The molecule has 0 saturated carbocycles. The molecule has 0 aliphatic carbocycles. The minimum absolute atomic E-state index is 0.434. The van der Waals surface area contributed by atoms with Crippen LogP contribution < -0.4 is 11.1 Å². The van der Waals surface area contributed by atoms with E-state index in [9.17, 15) is 4.79 Å². The molecule has 1 amide bonds. The van der Waals surface area contributed by atoms with Crippen LogP contribution in [0.2, 0.25) is 0 Å². The summed E-state index contributed by atoms with van der Waals surface area (Å²) >= 11 is 1.63. The number of nitrogens with two attached hydrogens (primary N) is 1. The highest BCUT2D eigenvalue weighted by atomic mass is 32.1. The minimum Gasteiger partial charge on any atom is -0.366 e. The summed E-state index contributed by atoms with van der Waals surface area (Å²) in [5.41, 5.74) is 9.82. The third kappa shape index (κ3) is 3.69. The number of hydrogen-bond acceptors (Lipinski definition) is 5. The molecule has 25 heavy (non-hydrogen) atoms. The Bertz CT molecular complexity index is 873. The highest BCUT2D eigenvalue weighted by molar-refractivity contribution is 7.08. The maximum absolute atomic E-state index is 11.2. The number of carbonyl (C=O) groups is 1. The van der Waals surface area contributed by atoms with Gasteiger partial charge in [0.15, 0.2) is 5.82 Å². The van der Waals surface area contributed by atoms with Crippen molar-refractivity contribution in [1.29, 1.82) is 0 Å². The molecule has 0 bridgehead atoms. The van der Waals surface area contributed by atoms with Crippen LogP contribution >= 0.6 is 11.3 Å². The lowest BCUT2D eigenvalue weighted by Crippen LogP contribution is -2.10. The van der Waals surface area contributed by atoms with Crippen LogP contribution in [0.1, 0.15) is 35.5 Å². The first-order chi connectivity index (χ1) is 12.1. The van der Waals surface area contributed by atoms with Gasteiger partial charge in [0.2, 0.25) is 5.91 Å². The van der Waals surface area contributed by atoms with Crippen LogP contribution in [0.15, 0.2) is 41.1 Å². The highest BCUT2D eigenvalue weighted by Gasteiger charge is 2.14. The van der Waals surface area contributed by atoms with Gasteiger partial charge in [0.1, 0.15) is 5.82 Å². The van der Waals surface area contributed by atoms with Crippen molar-refractivity contribution >= 4 is 28.7 Å². The van der Waals surface area contributed by atoms with E-state index in [0.29, 0.717) is 5.56 Å². The molecule has 6 heteroatoms. The van der Waals surface area contributed by atoms with Crippen molar-refractivity contribution in [3.8, 4) is 11.4 Å². The predicted octanol–water partition coefficient (Wildman–Crippen LogP) is 4.17. The summed E-state index contributed by atoms with van der Waals surface area (Å²) in [5.74, 6) is 1.10. The Hall–Kier alpha value is -2.73. The quantitative estimate of drug-likeness (QED) is 0.697. The van der Waals surface area contributed by atoms with Crippen molar-refractivity contribution in [3.63, 3.8) is 0 Å². The van der Waals surface area contributed by atoms with E-state index in [4.69, 9.17) is 15.7 Å². The van der Waals surface area contributed by atoms with E-state index in [0.717, 1.165) is 47.0 Å². The molecule has 2 aromatic heterocycles. The maximum Gasteiger partial charge on any atom is 0.248 e. The number of primary amides is 1. The van der Waals surface area contributed by atoms with Crippen LogP contribution in [0.25, 0.3) is 11.4 Å². The van der Waals surface area contributed by atoms with E-state index >= 15 is 0 Å². The van der Waals surface area contributed by atoms with Gasteiger partial charge in [0, 0.05) is 33.5 Å². The van der Waals surface area contributed by atoms with Crippen LogP contribution in [-0.4, -0.2) is 15.9 Å². The van der Waals surface area contributed by atoms with Gasteiger partial charge < -0.3 is 11.1 Å². The van der Waals surface area contributed by atoms with Crippen molar-refractivity contribution < 1.29 is 4.79 Å². The topological polar surface area (TPSA) is 80.9 Å². The van der Waals surface area contributed by atoms with Gasteiger partial charge in [-0.3, -0.25) is 4.79 Å². The number of thiophene rings is 1. The molecular formula is C19H20N4OS. The summed E-state index contributed by atoms with van der Waals surface area (Å²) in [6.07, 6.45) is 1.69. The number of amides is 1. The molecule has 0 unspecified atom stereocenters. The Kier molecular flexibility index (Phi) is 5.09. The Labute approximate surface area is 151 Å². The molecule has 0 atom stereocenters. The van der Waals surface area contributed by atoms with Gasteiger partial charge in [0.25, 0.3) is 0 Å². The van der Waals surface area contributed by atoms with Crippen molar-refractivity contribution in [2.24, 2.45) is 5.73 Å². The third-order valence-corrected chi connectivity index (χ3v) is 4.68. The predicted molar refractivity (Wildman–Crippen MR) is 102 cm³/mol. The maximum atomic E-state index is 11.2. The van der Waals surface area contributed by atoms with Gasteiger partial charge in [-0.15, -0.1) is 0 Å². The van der Waals surface area contributed by atoms with Crippen molar-refractivity contribution in [3.05, 3.63) is 57.9 Å². The lowest BCUT2D eigenvalue weighted by atomic mass is 10.1. The molecular weight excluding hydrogens is 332 g/mol. The average molecular weight is 352 g/mol. The number of nitrogens with zero attached hydrogens (tertiary/aromatic N) is 2. The fourth-order valence-electron chi connectivity index (χ4n) is 2.67. The number of aryl methyl sites for hydroxylation is 1. The Morgan fingerprint density at radius 3 is 2.44 bits per heavy atom. The average Bonchev–Trinajstić information content (AvgIpc) is 3.16. The van der Waals surface area contributed by atoms with Gasteiger partial charge in [0.05, 0.1) is 0 Å². The van der Waals surface area contributed by atoms with Crippen LogP contribution in [0.4, 0.5) is 11.5 Å². The van der Waals surface area contributed by atoms with Crippen LogP contribution in [-0.2, 0) is 12.8 Å². The molecule has 0 spiro atoms. The Morgan fingerprint density at radius 2 is 1.88 bits per heavy atom. The second kappa shape index (κ2) is 7.44. The largest absolute Gasteiger partial charge is 0.366 e. The van der Waals surface area contributed by atoms with E-state index in [-0.39, 0.29) is 0 Å². The molecule has 0 fully saturated rings. The molecule has 0 aliphatic rings. The van der Waals surface area contributed by atoms with Crippen molar-refractivity contribution in [1.82, 2.24) is 9.97 Å². The third-order valence-electron chi connectivity index (χ3n) is 3.99. The molecule has 3 N–H and O–H groups in total. The minimum atomic E-state index is -0.434. The first-order valence-electron chi connectivity index (χ1n) is 8.21. The molecule has 0 radical (unpaired) electrons. The summed E-state index contributed by atoms with van der Waals surface area (Å²) in [7, 11) is 0. The number of aromatic nitrogens is 2. The van der Waals surface area contributed by atoms with E-state index in [1.165, 1.54) is 0 Å². The van der Waals surface area contributed by atoms with E-state index in [1.807, 2.05) is 29.0 Å². The van der Waals surface area contributed by atoms with E-state index in [2.05, 4.69) is 19.2 Å². The zero-order valence-electron chi connectivity index (χ0n) is 14.2. The summed E-state index contributed by atoms with van der Waals surface area (Å²) in [5, 5.41) is 7.44. The first kappa shape index (κ1) is 17.1. The van der Waals surface area contributed by atoms with Crippen LogP contribution in [0.3, 0.4) is 0 Å². The standard InChI is InChI=1S/C19H20N4OS/c1-3-15-16(4-2)22-18(13-9-10-25-11-13)23-19(15)21-14-7-5-12(6-8-14)17(20)24/h5-11H,3-4H2,1-2H3,(H2,20,24)(H,21,22,23). The Morgan fingerprint density at radius 1 is 1.12 bits per heavy atom. The van der Waals surface area contributed by atoms with Crippen molar-refractivity contribution in [2.75, 3.05) is 5.32 Å². The molecule has 128 valence electrons. The highest BCUT2D eigenvalue weighted by Crippen LogP contribution is 2.27. The summed E-state index contributed by atoms with van der Waals surface area (Å²) in [4.78, 5) is 20.7. The normalized spacial score (nSPS) is 10.6. The number of nitrogens with one attached hydrogen (secondary N) is 1. The van der Waals surface area contributed by atoms with Crippen LogP contribution in [0, 0.1) is 0 Å².